The summed E-state index contributed by atoms with van der Waals surface area (Å²) in [5, 5.41) is 10.1. The number of hydrogen-bond donors (Lipinski definition) is 2. The Kier molecular flexibility index (Phi) is 6.40. The number of amides is 1. The lowest BCUT2D eigenvalue weighted by Gasteiger charge is -2.18. The first-order valence-corrected chi connectivity index (χ1v) is 11.7. The molecule has 12 heteroatoms. The monoisotopic (exact) mass is 493 g/mol. The third-order valence-corrected chi connectivity index (χ3v) is 5.98. The fourth-order valence-electron chi connectivity index (χ4n) is 4.11. The van der Waals surface area contributed by atoms with Gasteiger partial charge in [-0.15, -0.1) is 0 Å². The van der Waals surface area contributed by atoms with Crippen LogP contribution in [0.15, 0.2) is 49.1 Å². The lowest BCUT2D eigenvalue weighted by atomic mass is 10.2. The van der Waals surface area contributed by atoms with Crippen LogP contribution in [0, 0.1) is 0 Å². The number of aromatic nitrogens is 6. The molecule has 0 unspecified atom stereocenters. The maximum atomic E-state index is 14.9. The summed E-state index contributed by atoms with van der Waals surface area (Å²) in [7, 11) is 1.82. The first-order chi connectivity index (χ1) is 17.4. The van der Waals surface area contributed by atoms with Gasteiger partial charge in [-0.25, -0.2) is 14.2 Å². The molecule has 0 bridgehead atoms. The standard InChI is InChI=1S/C24H28FN9O2/c1-15(2)34-14-26-20-21(28-17-9-27-32(3)10-17)30-23(31-22(20)34)33-11-18(25)19(12-33)29-24(35)36-13-16-7-5-4-6-8-16/h4-10,14-15,18-19H,11-13H2,1-3H3,(H,29,35)(H,28,30,31)/t18-,19-/m1/s1. The lowest BCUT2D eigenvalue weighted by Crippen LogP contribution is -2.41. The van der Waals surface area contributed by atoms with Gasteiger partial charge in [-0.3, -0.25) is 4.68 Å². The largest absolute Gasteiger partial charge is 0.445 e. The van der Waals surface area contributed by atoms with Gasteiger partial charge in [0.2, 0.25) is 5.95 Å². The first kappa shape index (κ1) is 23.5. The molecule has 1 aromatic carbocycles. The van der Waals surface area contributed by atoms with E-state index >= 15 is 0 Å². The fraction of sp³-hybridized carbons (Fsp3) is 0.375. The van der Waals surface area contributed by atoms with Gasteiger partial charge < -0.3 is 24.8 Å². The molecule has 36 heavy (non-hydrogen) atoms. The van der Waals surface area contributed by atoms with E-state index in [1.807, 2.05) is 62.0 Å². The first-order valence-electron chi connectivity index (χ1n) is 11.7. The second-order valence-corrected chi connectivity index (χ2v) is 9.05. The number of nitrogens with one attached hydrogen (secondary N) is 2. The van der Waals surface area contributed by atoms with E-state index in [9.17, 15) is 9.18 Å². The van der Waals surface area contributed by atoms with Gasteiger partial charge in [0.05, 0.1) is 30.8 Å². The number of ether oxygens (including phenoxy) is 1. The van der Waals surface area contributed by atoms with E-state index in [1.165, 1.54) is 0 Å². The molecule has 4 heterocycles. The number of aryl methyl sites for hydroxylation is 1. The fourth-order valence-corrected chi connectivity index (χ4v) is 4.11. The van der Waals surface area contributed by atoms with Crippen LogP contribution >= 0.6 is 0 Å². The molecule has 0 spiro atoms. The smallest absolute Gasteiger partial charge is 0.407 e. The number of carbonyl (C=O) groups excluding carboxylic acids is 1. The van der Waals surface area contributed by atoms with Gasteiger partial charge in [0.25, 0.3) is 0 Å². The number of carbonyl (C=O) groups is 1. The average molecular weight is 494 g/mol. The van der Waals surface area contributed by atoms with E-state index in [0.29, 0.717) is 22.9 Å². The second-order valence-electron chi connectivity index (χ2n) is 9.05. The Morgan fingerprint density at radius 3 is 2.75 bits per heavy atom. The zero-order valence-electron chi connectivity index (χ0n) is 20.3. The predicted molar refractivity (Wildman–Crippen MR) is 133 cm³/mol. The van der Waals surface area contributed by atoms with Crippen LogP contribution in [0.2, 0.25) is 0 Å². The van der Waals surface area contributed by atoms with E-state index in [1.54, 1.807) is 22.1 Å². The Morgan fingerprint density at radius 1 is 1.22 bits per heavy atom. The molecule has 188 valence electrons. The van der Waals surface area contributed by atoms with Crippen molar-refractivity contribution in [3.63, 3.8) is 0 Å². The van der Waals surface area contributed by atoms with E-state index in [2.05, 4.69) is 25.7 Å². The van der Waals surface area contributed by atoms with Gasteiger partial charge in [0.1, 0.15) is 12.8 Å². The summed E-state index contributed by atoms with van der Waals surface area (Å²) in [6.07, 6.45) is 3.25. The van der Waals surface area contributed by atoms with Crippen molar-refractivity contribution in [2.24, 2.45) is 7.05 Å². The van der Waals surface area contributed by atoms with Crippen molar-refractivity contribution >= 4 is 34.7 Å². The number of fused-ring (bicyclic) bond motifs is 1. The Balaban J connectivity index is 1.34. The minimum atomic E-state index is -1.31. The molecule has 1 aliphatic heterocycles. The molecule has 2 atom stereocenters. The van der Waals surface area contributed by atoms with Crippen molar-refractivity contribution in [1.29, 1.82) is 0 Å². The molecule has 1 saturated heterocycles. The number of imidazole rings is 1. The zero-order valence-corrected chi connectivity index (χ0v) is 20.3. The Morgan fingerprint density at radius 2 is 2.03 bits per heavy atom. The van der Waals surface area contributed by atoms with Crippen molar-refractivity contribution in [3.05, 3.63) is 54.6 Å². The number of anilines is 3. The number of alkyl carbamates (subject to hydrolysis) is 1. The topological polar surface area (TPSA) is 115 Å². The molecule has 0 radical (unpaired) electrons. The van der Waals surface area contributed by atoms with Gasteiger partial charge in [-0.2, -0.15) is 15.1 Å². The highest BCUT2D eigenvalue weighted by Gasteiger charge is 2.36. The molecular weight excluding hydrogens is 465 g/mol. The van der Waals surface area contributed by atoms with Gasteiger partial charge in [0.15, 0.2) is 17.0 Å². The van der Waals surface area contributed by atoms with Crippen molar-refractivity contribution in [2.45, 2.75) is 38.7 Å². The molecule has 1 fully saturated rings. The summed E-state index contributed by atoms with van der Waals surface area (Å²) in [6.45, 7) is 4.42. The van der Waals surface area contributed by atoms with Crippen molar-refractivity contribution < 1.29 is 13.9 Å². The highest BCUT2D eigenvalue weighted by molar-refractivity contribution is 5.86. The van der Waals surface area contributed by atoms with E-state index < -0.39 is 18.3 Å². The van der Waals surface area contributed by atoms with Crippen LogP contribution in [0.3, 0.4) is 0 Å². The number of halogens is 1. The molecule has 1 aliphatic rings. The van der Waals surface area contributed by atoms with Gasteiger partial charge in [-0.1, -0.05) is 30.3 Å². The molecule has 4 aromatic rings. The summed E-state index contributed by atoms with van der Waals surface area (Å²) in [5.41, 5.74) is 2.84. The third kappa shape index (κ3) is 4.92. The number of nitrogens with zero attached hydrogens (tertiary/aromatic N) is 7. The summed E-state index contributed by atoms with van der Waals surface area (Å²) < 4.78 is 23.8. The van der Waals surface area contributed by atoms with E-state index in [0.717, 1.165) is 11.3 Å². The van der Waals surface area contributed by atoms with Crippen LogP contribution in [0.4, 0.5) is 26.6 Å². The van der Waals surface area contributed by atoms with E-state index in [-0.39, 0.29) is 25.7 Å². The lowest BCUT2D eigenvalue weighted by molar-refractivity contribution is 0.132. The predicted octanol–water partition coefficient (Wildman–Crippen LogP) is 3.34. The second kappa shape index (κ2) is 9.80. The van der Waals surface area contributed by atoms with Gasteiger partial charge in [0, 0.05) is 25.8 Å². The molecule has 1 amide bonds. The summed E-state index contributed by atoms with van der Waals surface area (Å²) in [5.74, 6) is 0.845. The molecule has 0 saturated carbocycles. The number of benzene rings is 1. The van der Waals surface area contributed by atoms with Crippen LogP contribution in [0.5, 0.6) is 0 Å². The van der Waals surface area contributed by atoms with Crippen LogP contribution in [0.25, 0.3) is 11.2 Å². The minimum Gasteiger partial charge on any atom is -0.445 e. The Bertz CT molecular complexity index is 1350. The van der Waals surface area contributed by atoms with Crippen molar-refractivity contribution in [2.75, 3.05) is 23.3 Å². The van der Waals surface area contributed by atoms with E-state index in [4.69, 9.17) is 9.72 Å². The number of hydrogen-bond acceptors (Lipinski definition) is 8. The Labute approximate surface area is 207 Å². The molecule has 11 nitrogen and oxygen atoms in total. The van der Waals surface area contributed by atoms with Gasteiger partial charge >= 0.3 is 6.09 Å². The molecule has 5 rings (SSSR count). The SMILES string of the molecule is CC(C)n1cnc2c(Nc3cnn(C)c3)nc(N3C[C@@H](F)[C@H](NC(=O)OCc4ccccc4)C3)nc21. The number of alkyl halides is 1. The van der Waals surface area contributed by atoms with Crippen LogP contribution in [0.1, 0.15) is 25.5 Å². The maximum absolute atomic E-state index is 14.9. The molecule has 0 aliphatic carbocycles. The minimum absolute atomic E-state index is 0.0390. The summed E-state index contributed by atoms with van der Waals surface area (Å²) >= 11 is 0. The third-order valence-electron chi connectivity index (χ3n) is 5.98. The highest BCUT2D eigenvalue weighted by Crippen LogP contribution is 2.29. The van der Waals surface area contributed by atoms with Crippen LogP contribution in [-0.4, -0.2) is 60.7 Å². The molecule has 3 aromatic heterocycles. The van der Waals surface area contributed by atoms with Crippen molar-refractivity contribution in [3.8, 4) is 0 Å². The average Bonchev–Trinajstić information content (AvgIpc) is 3.57. The number of rotatable bonds is 7. The molecule has 2 N–H and O–H groups in total. The van der Waals surface area contributed by atoms with Crippen LogP contribution < -0.4 is 15.5 Å². The summed E-state index contributed by atoms with van der Waals surface area (Å²) in [6, 6.07) is 8.69. The maximum Gasteiger partial charge on any atom is 0.407 e. The normalized spacial score (nSPS) is 17.6. The highest BCUT2D eigenvalue weighted by atomic mass is 19.1. The summed E-state index contributed by atoms with van der Waals surface area (Å²) in [4.78, 5) is 27.9. The van der Waals surface area contributed by atoms with Gasteiger partial charge in [-0.05, 0) is 19.4 Å². The zero-order chi connectivity index (χ0) is 25.2. The quantitative estimate of drug-likeness (QED) is 0.403. The molecular formula is C24H28FN9O2. The van der Waals surface area contributed by atoms with Crippen LogP contribution in [-0.2, 0) is 18.4 Å². The van der Waals surface area contributed by atoms with Crippen molar-refractivity contribution in [1.82, 2.24) is 34.6 Å². The Hall–Kier alpha value is -4.22.